The van der Waals surface area contributed by atoms with E-state index in [1.165, 1.54) is 0 Å². The lowest BCUT2D eigenvalue weighted by Crippen LogP contribution is -2.44. The third-order valence-corrected chi connectivity index (χ3v) is 6.12. The van der Waals surface area contributed by atoms with Crippen LogP contribution in [0.2, 0.25) is 0 Å². The number of hydrogen-bond donors (Lipinski definition) is 2. The molecule has 1 unspecified atom stereocenters. The predicted octanol–water partition coefficient (Wildman–Crippen LogP) is 4.68. The second kappa shape index (κ2) is 11.7. The molecule has 2 aromatic carbocycles. The van der Waals surface area contributed by atoms with Gasteiger partial charge < -0.3 is 20.3 Å². The average molecular weight is 438 g/mol. The maximum atomic E-state index is 12.6. The van der Waals surface area contributed by atoms with Crippen LogP contribution in [0.5, 0.6) is 11.5 Å². The van der Waals surface area contributed by atoms with Crippen LogP contribution in [0, 0.1) is 11.8 Å². The van der Waals surface area contributed by atoms with Gasteiger partial charge in [0, 0.05) is 24.9 Å². The average Bonchev–Trinajstić information content (AvgIpc) is 2.80. The molecule has 1 atom stereocenters. The van der Waals surface area contributed by atoms with Gasteiger partial charge in [0.1, 0.15) is 5.75 Å². The minimum Gasteiger partial charge on any atom is -0.455 e. The van der Waals surface area contributed by atoms with Gasteiger partial charge in [-0.1, -0.05) is 44.2 Å². The van der Waals surface area contributed by atoms with E-state index in [1.54, 1.807) is 0 Å². The van der Waals surface area contributed by atoms with Crippen molar-refractivity contribution in [1.82, 2.24) is 10.2 Å². The molecular formula is C26H35N3O3. The van der Waals surface area contributed by atoms with Gasteiger partial charge in [0.25, 0.3) is 0 Å². The Hall–Kier alpha value is -2.86. The van der Waals surface area contributed by atoms with Gasteiger partial charge in [-0.05, 0) is 63.0 Å². The SMILES string of the molecule is CC(C)C(C)NC(=O)C1CCN(CCC(=O)Nc2ccccc2Oc2ccccc2)CC1. The molecule has 32 heavy (non-hydrogen) atoms. The van der Waals surface area contributed by atoms with E-state index in [9.17, 15) is 9.59 Å². The summed E-state index contributed by atoms with van der Waals surface area (Å²) in [5, 5.41) is 6.11. The Morgan fingerprint density at radius 2 is 1.66 bits per heavy atom. The standard InChI is InChI=1S/C26H35N3O3/c1-19(2)20(3)27-26(31)21-13-16-29(17-14-21)18-15-25(30)28-23-11-7-8-12-24(23)32-22-9-5-4-6-10-22/h4-12,19-21H,13-18H2,1-3H3,(H,27,31)(H,28,30). The summed E-state index contributed by atoms with van der Waals surface area (Å²) in [6.45, 7) is 8.66. The molecule has 0 aliphatic carbocycles. The van der Waals surface area contributed by atoms with Crippen molar-refractivity contribution in [2.75, 3.05) is 25.0 Å². The lowest BCUT2D eigenvalue weighted by molar-refractivity contribution is -0.127. The van der Waals surface area contributed by atoms with Crippen LogP contribution in [-0.4, -0.2) is 42.4 Å². The van der Waals surface area contributed by atoms with Gasteiger partial charge in [0.2, 0.25) is 11.8 Å². The highest BCUT2D eigenvalue weighted by molar-refractivity contribution is 5.92. The normalized spacial score (nSPS) is 15.9. The fourth-order valence-corrected chi connectivity index (χ4v) is 3.67. The minimum atomic E-state index is -0.0419. The summed E-state index contributed by atoms with van der Waals surface area (Å²) in [6.07, 6.45) is 2.08. The molecule has 2 N–H and O–H groups in total. The van der Waals surface area contributed by atoms with Gasteiger partial charge in [0.15, 0.2) is 5.75 Å². The van der Waals surface area contributed by atoms with Crippen LogP contribution in [0.1, 0.15) is 40.0 Å². The van der Waals surface area contributed by atoms with E-state index in [1.807, 2.05) is 54.6 Å². The molecule has 0 bridgehead atoms. The topological polar surface area (TPSA) is 70.7 Å². The number of para-hydroxylation sites is 3. The maximum absolute atomic E-state index is 12.6. The molecule has 2 aromatic rings. The summed E-state index contributed by atoms with van der Waals surface area (Å²) in [5.74, 6) is 1.97. The molecule has 3 rings (SSSR count). The second-order valence-corrected chi connectivity index (χ2v) is 8.87. The summed E-state index contributed by atoms with van der Waals surface area (Å²) < 4.78 is 5.92. The second-order valence-electron chi connectivity index (χ2n) is 8.87. The molecule has 2 amide bonds. The quantitative estimate of drug-likeness (QED) is 0.598. The molecule has 0 radical (unpaired) electrons. The number of nitrogens with zero attached hydrogens (tertiary/aromatic N) is 1. The van der Waals surface area contributed by atoms with Crippen LogP contribution in [0.4, 0.5) is 5.69 Å². The summed E-state index contributed by atoms with van der Waals surface area (Å²) in [6, 6.07) is 17.2. The van der Waals surface area contributed by atoms with Gasteiger partial charge >= 0.3 is 0 Å². The Labute approximate surface area is 191 Å². The van der Waals surface area contributed by atoms with E-state index in [4.69, 9.17) is 4.74 Å². The zero-order chi connectivity index (χ0) is 22.9. The summed E-state index contributed by atoms with van der Waals surface area (Å²) in [5.41, 5.74) is 0.663. The molecule has 0 aromatic heterocycles. The molecule has 0 saturated carbocycles. The number of likely N-dealkylation sites (tertiary alicyclic amines) is 1. The fraction of sp³-hybridized carbons (Fsp3) is 0.462. The first kappa shape index (κ1) is 23.8. The number of piperidine rings is 1. The number of carbonyl (C=O) groups is 2. The highest BCUT2D eigenvalue weighted by Gasteiger charge is 2.26. The zero-order valence-electron chi connectivity index (χ0n) is 19.3. The Kier molecular flexibility index (Phi) is 8.68. The number of hydrogen-bond acceptors (Lipinski definition) is 4. The predicted molar refractivity (Wildman–Crippen MR) is 128 cm³/mol. The number of ether oxygens (including phenoxy) is 1. The number of anilines is 1. The molecular weight excluding hydrogens is 402 g/mol. The van der Waals surface area contributed by atoms with E-state index in [-0.39, 0.29) is 23.8 Å². The van der Waals surface area contributed by atoms with Crippen LogP contribution < -0.4 is 15.4 Å². The number of benzene rings is 2. The van der Waals surface area contributed by atoms with E-state index >= 15 is 0 Å². The van der Waals surface area contributed by atoms with Gasteiger partial charge in [-0.15, -0.1) is 0 Å². The Balaban J connectivity index is 1.43. The zero-order valence-corrected chi connectivity index (χ0v) is 19.3. The van der Waals surface area contributed by atoms with E-state index < -0.39 is 0 Å². The van der Waals surface area contributed by atoms with Crippen molar-refractivity contribution in [1.29, 1.82) is 0 Å². The molecule has 6 heteroatoms. The van der Waals surface area contributed by atoms with Crippen molar-refractivity contribution < 1.29 is 14.3 Å². The van der Waals surface area contributed by atoms with Crippen LogP contribution in [0.3, 0.4) is 0 Å². The first-order valence-corrected chi connectivity index (χ1v) is 11.6. The van der Waals surface area contributed by atoms with Crippen molar-refractivity contribution in [3.8, 4) is 11.5 Å². The van der Waals surface area contributed by atoms with E-state index in [2.05, 4.69) is 36.3 Å². The van der Waals surface area contributed by atoms with Gasteiger partial charge in [-0.25, -0.2) is 0 Å². The molecule has 1 saturated heterocycles. The van der Waals surface area contributed by atoms with Crippen molar-refractivity contribution in [2.45, 2.75) is 46.1 Å². The van der Waals surface area contributed by atoms with E-state index in [0.29, 0.717) is 30.3 Å². The minimum absolute atomic E-state index is 0.0419. The Morgan fingerprint density at radius 1 is 1.00 bits per heavy atom. The first-order chi connectivity index (χ1) is 15.4. The van der Waals surface area contributed by atoms with Crippen molar-refractivity contribution >= 4 is 17.5 Å². The third-order valence-electron chi connectivity index (χ3n) is 6.12. The van der Waals surface area contributed by atoms with Crippen molar-refractivity contribution in [3.63, 3.8) is 0 Å². The first-order valence-electron chi connectivity index (χ1n) is 11.6. The Bertz CT molecular complexity index is 877. The lowest BCUT2D eigenvalue weighted by Gasteiger charge is -2.32. The molecule has 172 valence electrons. The van der Waals surface area contributed by atoms with Gasteiger partial charge in [-0.2, -0.15) is 0 Å². The molecule has 1 aliphatic rings. The molecule has 1 aliphatic heterocycles. The Morgan fingerprint density at radius 3 is 2.34 bits per heavy atom. The number of carbonyl (C=O) groups excluding carboxylic acids is 2. The van der Waals surface area contributed by atoms with Crippen LogP contribution in [0.15, 0.2) is 54.6 Å². The summed E-state index contributed by atoms with van der Waals surface area (Å²) in [7, 11) is 0. The highest BCUT2D eigenvalue weighted by atomic mass is 16.5. The molecule has 0 spiro atoms. The number of rotatable bonds is 9. The number of nitrogens with one attached hydrogen (secondary N) is 2. The number of amides is 2. The van der Waals surface area contributed by atoms with Crippen molar-refractivity contribution in [3.05, 3.63) is 54.6 Å². The fourth-order valence-electron chi connectivity index (χ4n) is 3.67. The van der Waals surface area contributed by atoms with E-state index in [0.717, 1.165) is 31.7 Å². The van der Waals surface area contributed by atoms with Crippen LogP contribution in [0.25, 0.3) is 0 Å². The smallest absolute Gasteiger partial charge is 0.225 e. The van der Waals surface area contributed by atoms with Gasteiger partial charge in [-0.3, -0.25) is 9.59 Å². The maximum Gasteiger partial charge on any atom is 0.225 e. The van der Waals surface area contributed by atoms with Crippen LogP contribution >= 0.6 is 0 Å². The monoisotopic (exact) mass is 437 g/mol. The summed E-state index contributed by atoms with van der Waals surface area (Å²) in [4.78, 5) is 27.3. The molecule has 6 nitrogen and oxygen atoms in total. The van der Waals surface area contributed by atoms with Crippen molar-refractivity contribution in [2.24, 2.45) is 11.8 Å². The molecule has 1 heterocycles. The third kappa shape index (κ3) is 7.09. The van der Waals surface area contributed by atoms with Crippen LogP contribution in [-0.2, 0) is 9.59 Å². The molecule has 1 fully saturated rings. The highest BCUT2D eigenvalue weighted by Crippen LogP contribution is 2.29. The largest absolute Gasteiger partial charge is 0.455 e. The van der Waals surface area contributed by atoms with Gasteiger partial charge in [0.05, 0.1) is 5.69 Å². The lowest BCUT2D eigenvalue weighted by atomic mass is 9.94. The summed E-state index contributed by atoms with van der Waals surface area (Å²) >= 11 is 0.